The van der Waals surface area contributed by atoms with Crippen molar-refractivity contribution in [3.05, 3.63) is 94.8 Å². The molecule has 2 amide bonds. The van der Waals surface area contributed by atoms with Crippen LogP contribution < -0.4 is 16.1 Å². The number of anilines is 2. The average molecular weight is 505 g/mol. The third-order valence-corrected chi connectivity index (χ3v) is 5.61. The second-order valence-electron chi connectivity index (χ2n) is 8.54. The topological polar surface area (TPSA) is 120 Å². The van der Waals surface area contributed by atoms with E-state index < -0.39 is 23.6 Å². The Balaban J connectivity index is 1.66. The van der Waals surface area contributed by atoms with Gasteiger partial charge in [-0.05, 0) is 50.0 Å². The Morgan fingerprint density at radius 3 is 2.46 bits per heavy atom. The zero-order valence-corrected chi connectivity index (χ0v) is 20.2. The van der Waals surface area contributed by atoms with Gasteiger partial charge in [0.25, 0.3) is 11.8 Å². The van der Waals surface area contributed by atoms with Crippen molar-refractivity contribution in [3.8, 4) is 0 Å². The molecule has 0 aromatic heterocycles. The maximum Gasteiger partial charge on any atom is 0.335 e. The SMILES string of the molecule is CN(C)CCONC(=O)c1ccc(N/C(=C2\C(=O)Nc3cc(C(=O)O)ccc32)c2ccccc2)cc1F. The van der Waals surface area contributed by atoms with E-state index in [4.69, 9.17) is 4.84 Å². The van der Waals surface area contributed by atoms with Gasteiger partial charge in [-0.3, -0.25) is 14.4 Å². The van der Waals surface area contributed by atoms with Crippen LogP contribution in [0.5, 0.6) is 0 Å². The summed E-state index contributed by atoms with van der Waals surface area (Å²) in [7, 11) is 3.72. The minimum absolute atomic E-state index is 0.0381. The second kappa shape index (κ2) is 11.0. The van der Waals surface area contributed by atoms with Crippen molar-refractivity contribution in [1.82, 2.24) is 10.4 Å². The molecule has 4 rings (SSSR count). The van der Waals surface area contributed by atoms with E-state index in [-0.39, 0.29) is 23.3 Å². The smallest absolute Gasteiger partial charge is 0.335 e. The fourth-order valence-corrected chi connectivity index (χ4v) is 3.76. The number of aromatic carboxylic acids is 1. The molecule has 3 aromatic carbocycles. The lowest BCUT2D eigenvalue weighted by molar-refractivity contribution is -0.110. The number of hydrogen-bond acceptors (Lipinski definition) is 6. The number of carbonyl (C=O) groups excluding carboxylic acids is 2. The van der Waals surface area contributed by atoms with Gasteiger partial charge in [0.1, 0.15) is 5.82 Å². The van der Waals surface area contributed by atoms with E-state index in [1.807, 2.05) is 25.1 Å². The molecule has 37 heavy (non-hydrogen) atoms. The summed E-state index contributed by atoms with van der Waals surface area (Å²) in [6, 6.07) is 17.3. The van der Waals surface area contributed by atoms with Gasteiger partial charge < -0.3 is 20.6 Å². The molecule has 0 bridgehead atoms. The van der Waals surface area contributed by atoms with E-state index in [0.717, 1.165) is 6.07 Å². The summed E-state index contributed by atoms with van der Waals surface area (Å²) >= 11 is 0. The van der Waals surface area contributed by atoms with Crippen LogP contribution in [-0.2, 0) is 9.63 Å². The molecule has 0 radical (unpaired) electrons. The Morgan fingerprint density at radius 2 is 1.78 bits per heavy atom. The zero-order chi connectivity index (χ0) is 26.5. The number of hydroxylamine groups is 1. The van der Waals surface area contributed by atoms with E-state index in [2.05, 4.69) is 16.1 Å². The van der Waals surface area contributed by atoms with Gasteiger partial charge in [0.2, 0.25) is 0 Å². The Morgan fingerprint density at radius 1 is 1.03 bits per heavy atom. The van der Waals surface area contributed by atoms with Crippen molar-refractivity contribution in [2.24, 2.45) is 0 Å². The highest BCUT2D eigenvalue weighted by Gasteiger charge is 2.29. The number of hydrogen-bond donors (Lipinski definition) is 4. The number of amides is 2. The lowest BCUT2D eigenvalue weighted by atomic mass is 9.99. The van der Waals surface area contributed by atoms with Crippen molar-refractivity contribution < 1.29 is 28.7 Å². The van der Waals surface area contributed by atoms with Crippen LogP contribution in [0.1, 0.15) is 31.8 Å². The number of nitrogens with one attached hydrogen (secondary N) is 3. The van der Waals surface area contributed by atoms with Crippen LogP contribution in [0.3, 0.4) is 0 Å². The lowest BCUT2D eigenvalue weighted by Crippen LogP contribution is -2.28. The van der Waals surface area contributed by atoms with Gasteiger partial charge in [0.05, 0.1) is 34.7 Å². The van der Waals surface area contributed by atoms with E-state index in [9.17, 15) is 23.9 Å². The van der Waals surface area contributed by atoms with Crippen molar-refractivity contribution in [2.75, 3.05) is 37.9 Å². The van der Waals surface area contributed by atoms with Gasteiger partial charge in [-0.25, -0.2) is 14.7 Å². The summed E-state index contributed by atoms with van der Waals surface area (Å²) in [5, 5.41) is 15.1. The standard InChI is InChI=1S/C27H25FN4O5/c1-32(2)12-13-37-31-25(33)19-11-9-18(15-21(19)28)29-24(16-6-4-3-5-7-16)23-20-10-8-17(27(35)36)14-22(20)30-26(23)34/h3-11,14-15,29H,12-13H2,1-2H3,(H,30,34)(H,31,33)(H,35,36)/b24-23-. The monoisotopic (exact) mass is 504 g/mol. The van der Waals surface area contributed by atoms with Crippen molar-refractivity contribution in [2.45, 2.75) is 0 Å². The molecule has 190 valence electrons. The second-order valence-corrected chi connectivity index (χ2v) is 8.54. The van der Waals surface area contributed by atoms with Crippen LogP contribution in [0.4, 0.5) is 15.8 Å². The Bertz CT molecular complexity index is 1390. The van der Waals surface area contributed by atoms with Crippen LogP contribution in [-0.4, -0.2) is 55.0 Å². The molecule has 0 aliphatic carbocycles. The first kappa shape index (κ1) is 25.5. The molecule has 0 saturated carbocycles. The van der Waals surface area contributed by atoms with Crippen LogP contribution in [0.2, 0.25) is 0 Å². The fraction of sp³-hybridized carbons (Fsp3) is 0.148. The predicted octanol–water partition coefficient (Wildman–Crippen LogP) is 3.68. The summed E-state index contributed by atoms with van der Waals surface area (Å²) in [5.41, 5.74) is 4.55. The maximum absolute atomic E-state index is 14.9. The van der Waals surface area contributed by atoms with E-state index in [1.165, 1.54) is 24.3 Å². The first-order valence-electron chi connectivity index (χ1n) is 11.4. The molecular weight excluding hydrogens is 479 g/mol. The van der Waals surface area contributed by atoms with E-state index in [0.29, 0.717) is 34.7 Å². The summed E-state index contributed by atoms with van der Waals surface area (Å²) in [6.45, 7) is 0.822. The summed E-state index contributed by atoms with van der Waals surface area (Å²) in [4.78, 5) is 43.6. The zero-order valence-electron chi connectivity index (χ0n) is 20.2. The van der Waals surface area contributed by atoms with E-state index >= 15 is 0 Å². The first-order valence-corrected chi connectivity index (χ1v) is 11.4. The van der Waals surface area contributed by atoms with Crippen LogP contribution >= 0.6 is 0 Å². The highest BCUT2D eigenvalue weighted by atomic mass is 19.1. The van der Waals surface area contributed by atoms with Gasteiger partial charge >= 0.3 is 5.97 Å². The molecule has 0 atom stereocenters. The molecule has 1 aliphatic heterocycles. The lowest BCUT2D eigenvalue weighted by Gasteiger charge is -2.16. The molecule has 0 fully saturated rings. The van der Waals surface area contributed by atoms with Gasteiger partial charge in [-0.2, -0.15) is 0 Å². The normalized spacial score (nSPS) is 13.7. The van der Waals surface area contributed by atoms with E-state index in [1.54, 1.807) is 30.3 Å². The highest BCUT2D eigenvalue weighted by molar-refractivity contribution is 6.37. The van der Waals surface area contributed by atoms with Crippen molar-refractivity contribution in [3.63, 3.8) is 0 Å². The quantitative estimate of drug-likeness (QED) is 0.199. The molecule has 10 heteroatoms. The number of nitrogens with zero attached hydrogens (tertiary/aromatic N) is 1. The van der Waals surface area contributed by atoms with Crippen LogP contribution in [0.15, 0.2) is 66.7 Å². The van der Waals surface area contributed by atoms with Gasteiger partial charge in [-0.1, -0.05) is 36.4 Å². The minimum atomic E-state index is -1.11. The van der Waals surface area contributed by atoms with Crippen molar-refractivity contribution in [1.29, 1.82) is 0 Å². The first-order chi connectivity index (χ1) is 17.7. The minimum Gasteiger partial charge on any atom is -0.478 e. The highest BCUT2D eigenvalue weighted by Crippen LogP contribution is 2.38. The number of carboxylic acid groups (broad SMARTS) is 1. The summed E-state index contributed by atoms with van der Waals surface area (Å²) in [6.07, 6.45) is 0. The maximum atomic E-state index is 14.9. The number of rotatable bonds is 9. The molecule has 0 saturated heterocycles. The fourth-order valence-electron chi connectivity index (χ4n) is 3.76. The summed E-state index contributed by atoms with van der Waals surface area (Å²) in [5.74, 6) is -3.05. The number of carbonyl (C=O) groups is 3. The average Bonchev–Trinajstić information content (AvgIpc) is 3.20. The molecule has 3 aromatic rings. The molecule has 0 spiro atoms. The molecule has 9 nitrogen and oxygen atoms in total. The third kappa shape index (κ3) is 5.83. The predicted molar refractivity (Wildman–Crippen MR) is 137 cm³/mol. The third-order valence-electron chi connectivity index (χ3n) is 5.61. The van der Waals surface area contributed by atoms with Gasteiger partial charge in [0, 0.05) is 17.8 Å². The molecule has 1 aliphatic rings. The number of halogens is 1. The Kier molecular flexibility index (Phi) is 7.61. The molecule has 1 heterocycles. The number of likely N-dealkylation sites (N-methyl/N-ethyl adjacent to an activating group) is 1. The molecule has 4 N–H and O–H groups in total. The largest absolute Gasteiger partial charge is 0.478 e. The Hall–Kier alpha value is -4.54. The van der Waals surface area contributed by atoms with Crippen molar-refractivity contribution >= 4 is 40.4 Å². The number of benzene rings is 3. The molecular formula is C27H25FN4O5. The van der Waals surface area contributed by atoms with Gasteiger partial charge in [0.15, 0.2) is 0 Å². The summed E-state index contributed by atoms with van der Waals surface area (Å²) < 4.78 is 14.9. The van der Waals surface area contributed by atoms with Gasteiger partial charge in [-0.15, -0.1) is 0 Å². The molecule has 0 unspecified atom stereocenters. The number of carboxylic acids is 1. The number of fused-ring (bicyclic) bond motifs is 1. The van der Waals surface area contributed by atoms with Crippen LogP contribution in [0.25, 0.3) is 11.3 Å². The van der Waals surface area contributed by atoms with Crippen LogP contribution in [0, 0.1) is 5.82 Å². The Labute approximate surface area is 212 Å².